The van der Waals surface area contributed by atoms with E-state index in [-0.39, 0.29) is 6.04 Å². The zero-order valence-electron chi connectivity index (χ0n) is 10.7. The molecule has 4 heteroatoms. The first-order chi connectivity index (χ1) is 8.75. The molecular formula is C14H19N3O. The molecule has 18 heavy (non-hydrogen) atoms. The van der Waals surface area contributed by atoms with Crippen molar-refractivity contribution in [1.82, 2.24) is 15.2 Å². The van der Waals surface area contributed by atoms with Crippen LogP contribution >= 0.6 is 0 Å². The molecule has 3 unspecified atom stereocenters. The lowest BCUT2D eigenvalue weighted by molar-refractivity contribution is -0.127. The van der Waals surface area contributed by atoms with Gasteiger partial charge in [-0.2, -0.15) is 0 Å². The Bertz CT molecular complexity index is 434. The molecule has 2 fully saturated rings. The molecule has 0 aromatic carbocycles. The number of aromatic nitrogens is 1. The molecule has 1 aromatic heterocycles. The minimum atomic E-state index is 0.270. The number of carbonyl (C=O) groups excluding carboxylic acids is 1. The monoisotopic (exact) mass is 245 g/mol. The van der Waals surface area contributed by atoms with E-state index in [4.69, 9.17) is 0 Å². The summed E-state index contributed by atoms with van der Waals surface area (Å²) in [7, 11) is 0. The van der Waals surface area contributed by atoms with Gasteiger partial charge in [-0.1, -0.05) is 0 Å². The van der Waals surface area contributed by atoms with E-state index >= 15 is 0 Å². The van der Waals surface area contributed by atoms with Crippen molar-refractivity contribution in [3.8, 4) is 0 Å². The Hall–Kier alpha value is -1.42. The summed E-state index contributed by atoms with van der Waals surface area (Å²) in [6, 6.07) is 5.05. The summed E-state index contributed by atoms with van der Waals surface area (Å²) in [5.74, 6) is 0.317. The van der Waals surface area contributed by atoms with E-state index in [1.807, 2.05) is 24.5 Å². The van der Waals surface area contributed by atoms with Gasteiger partial charge in [0.25, 0.3) is 0 Å². The Morgan fingerprint density at radius 1 is 1.44 bits per heavy atom. The predicted octanol–water partition coefficient (Wildman–Crippen LogP) is 1.50. The quantitative estimate of drug-likeness (QED) is 0.877. The zero-order valence-corrected chi connectivity index (χ0v) is 10.7. The highest BCUT2D eigenvalue weighted by atomic mass is 16.2. The summed E-state index contributed by atoms with van der Waals surface area (Å²) < 4.78 is 0. The van der Waals surface area contributed by atoms with Crippen LogP contribution in [-0.4, -0.2) is 34.4 Å². The van der Waals surface area contributed by atoms with Gasteiger partial charge in [-0.3, -0.25) is 9.78 Å². The van der Waals surface area contributed by atoms with Crippen molar-refractivity contribution in [2.24, 2.45) is 0 Å². The van der Waals surface area contributed by atoms with Crippen molar-refractivity contribution < 1.29 is 4.79 Å². The predicted molar refractivity (Wildman–Crippen MR) is 68.9 cm³/mol. The fraction of sp³-hybridized carbons (Fsp3) is 0.571. The topological polar surface area (TPSA) is 45.2 Å². The summed E-state index contributed by atoms with van der Waals surface area (Å²) >= 11 is 0. The van der Waals surface area contributed by atoms with Gasteiger partial charge in [-0.25, -0.2) is 0 Å². The number of nitrogens with zero attached hydrogens (tertiary/aromatic N) is 2. The lowest BCUT2D eigenvalue weighted by atomic mass is 10.0. The van der Waals surface area contributed by atoms with Gasteiger partial charge < -0.3 is 10.2 Å². The highest BCUT2D eigenvalue weighted by molar-refractivity contribution is 5.80. The van der Waals surface area contributed by atoms with E-state index in [2.05, 4.69) is 22.1 Å². The van der Waals surface area contributed by atoms with Crippen LogP contribution in [0, 0.1) is 0 Å². The Balaban J connectivity index is 1.68. The van der Waals surface area contributed by atoms with Gasteiger partial charge in [0.05, 0.1) is 0 Å². The van der Waals surface area contributed by atoms with Gasteiger partial charge in [0.15, 0.2) is 0 Å². The standard InChI is InChI=1S/C14H19N3O/c1-10(11-4-6-15-7-5-11)16-12-9-14(18)17-8-2-3-13(12)17/h4-7,10,12-13,16H,2-3,8-9H2,1H3. The van der Waals surface area contributed by atoms with Gasteiger partial charge in [-0.05, 0) is 37.5 Å². The lowest BCUT2D eigenvalue weighted by Crippen LogP contribution is -2.40. The maximum atomic E-state index is 11.9. The number of nitrogens with one attached hydrogen (secondary N) is 1. The molecule has 0 spiro atoms. The molecule has 1 N–H and O–H groups in total. The summed E-state index contributed by atoms with van der Waals surface area (Å²) in [4.78, 5) is 17.9. The highest BCUT2D eigenvalue weighted by Gasteiger charge is 2.42. The van der Waals surface area contributed by atoms with Crippen molar-refractivity contribution in [1.29, 1.82) is 0 Å². The van der Waals surface area contributed by atoms with Crippen LogP contribution in [0.4, 0.5) is 0 Å². The minimum absolute atomic E-state index is 0.270. The second-order valence-electron chi connectivity index (χ2n) is 5.28. The fourth-order valence-electron chi connectivity index (χ4n) is 3.20. The van der Waals surface area contributed by atoms with Gasteiger partial charge in [0.1, 0.15) is 0 Å². The molecule has 0 aliphatic carbocycles. The second-order valence-corrected chi connectivity index (χ2v) is 5.28. The molecule has 1 aromatic rings. The van der Waals surface area contributed by atoms with Crippen LogP contribution in [0.5, 0.6) is 0 Å². The molecule has 3 atom stereocenters. The molecule has 2 aliphatic rings. The first-order valence-electron chi connectivity index (χ1n) is 6.71. The number of hydrogen-bond acceptors (Lipinski definition) is 3. The third kappa shape index (κ3) is 2.01. The Morgan fingerprint density at radius 3 is 3.00 bits per heavy atom. The number of pyridine rings is 1. The maximum absolute atomic E-state index is 11.9. The minimum Gasteiger partial charge on any atom is -0.338 e. The first-order valence-corrected chi connectivity index (χ1v) is 6.71. The number of fused-ring (bicyclic) bond motifs is 1. The van der Waals surface area contributed by atoms with Crippen molar-refractivity contribution in [3.05, 3.63) is 30.1 Å². The van der Waals surface area contributed by atoms with Gasteiger partial charge in [-0.15, -0.1) is 0 Å². The van der Waals surface area contributed by atoms with Crippen LogP contribution < -0.4 is 5.32 Å². The van der Waals surface area contributed by atoms with Crippen molar-refractivity contribution in [2.45, 2.75) is 44.3 Å². The summed E-state index contributed by atoms with van der Waals surface area (Å²) in [5, 5.41) is 3.61. The summed E-state index contributed by atoms with van der Waals surface area (Å²) in [6.07, 6.45) is 6.58. The van der Waals surface area contributed by atoms with Crippen LogP contribution in [0.2, 0.25) is 0 Å². The highest BCUT2D eigenvalue weighted by Crippen LogP contribution is 2.30. The molecule has 0 saturated carbocycles. The SMILES string of the molecule is CC(NC1CC(=O)N2CCCC12)c1ccncc1. The molecule has 3 rings (SSSR count). The van der Waals surface area contributed by atoms with E-state index in [0.29, 0.717) is 24.4 Å². The Morgan fingerprint density at radius 2 is 2.22 bits per heavy atom. The molecule has 0 radical (unpaired) electrons. The van der Waals surface area contributed by atoms with E-state index in [1.54, 1.807) is 0 Å². The molecule has 3 heterocycles. The number of carbonyl (C=O) groups is 1. The van der Waals surface area contributed by atoms with Gasteiger partial charge in [0, 0.05) is 43.5 Å². The van der Waals surface area contributed by atoms with Gasteiger partial charge >= 0.3 is 0 Å². The number of hydrogen-bond donors (Lipinski definition) is 1. The molecule has 1 amide bonds. The average Bonchev–Trinajstić information content (AvgIpc) is 2.97. The van der Waals surface area contributed by atoms with Crippen LogP contribution in [0.1, 0.15) is 37.8 Å². The molecule has 4 nitrogen and oxygen atoms in total. The van der Waals surface area contributed by atoms with Crippen LogP contribution in [-0.2, 0) is 4.79 Å². The molecule has 2 aliphatic heterocycles. The summed E-state index contributed by atoms with van der Waals surface area (Å²) in [5.41, 5.74) is 1.23. The summed E-state index contributed by atoms with van der Waals surface area (Å²) in [6.45, 7) is 3.10. The first kappa shape index (κ1) is 11.7. The molecule has 96 valence electrons. The maximum Gasteiger partial charge on any atom is 0.224 e. The molecule has 2 saturated heterocycles. The van der Waals surface area contributed by atoms with E-state index in [1.165, 1.54) is 5.56 Å². The van der Waals surface area contributed by atoms with E-state index < -0.39 is 0 Å². The zero-order chi connectivity index (χ0) is 12.5. The van der Waals surface area contributed by atoms with E-state index in [0.717, 1.165) is 19.4 Å². The van der Waals surface area contributed by atoms with Crippen molar-refractivity contribution in [2.75, 3.05) is 6.54 Å². The van der Waals surface area contributed by atoms with Gasteiger partial charge in [0.2, 0.25) is 5.91 Å². The van der Waals surface area contributed by atoms with Crippen molar-refractivity contribution in [3.63, 3.8) is 0 Å². The largest absolute Gasteiger partial charge is 0.338 e. The Kier molecular flexibility index (Phi) is 3.04. The normalized spacial score (nSPS) is 28.5. The smallest absolute Gasteiger partial charge is 0.224 e. The van der Waals surface area contributed by atoms with Crippen LogP contribution in [0.3, 0.4) is 0 Å². The van der Waals surface area contributed by atoms with E-state index in [9.17, 15) is 4.79 Å². The second kappa shape index (κ2) is 4.69. The van der Waals surface area contributed by atoms with Crippen LogP contribution in [0.15, 0.2) is 24.5 Å². The van der Waals surface area contributed by atoms with Crippen molar-refractivity contribution >= 4 is 5.91 Å². The average molecular weight is 245 g/mol. The molecular weight excluding hydrogens is 226 g/mol. The molecule has 0 bridgehead atoms. The lowest BCUT2D eigenvalue weighted by Gasteiger charge is -2.24. The third-order valence-electron chi connectivity index (χ3n) is 4.15. The number of rotatable bonds is 3. The Labute approximate surface area is 107 Å². The number of amides is 1. The van der Waals surface area contributed by atoms with Crippen LogP contribution in [0.25, 0.3) is 0 Å². The third-order valence-corrected chi connectivity index (χ3v) is 4.15. The fourth-order valence-corrected chi connectivity index (χ4v) is 3.20.